The van der Waals surface area contributed by atoms with Gasteiger partial charge in [-0.3, -0.25) is 9.59 Å². The van der Waals surface area contributed by atoms with Crippen LogP contribution in [0.3, 0.4) is 0 Å². The second-order valence-corrected chi connectivity index (χ2v) is 6.96. The van der Waals surface area contributed by atoms with Crippen molar-refractivity contribution in [2.45, 2.75) is 6.92 Å². The van der Waals surface area contributed by atoms with E-state index in [9.17, 15) is 9.59 Å². The standard InChI is InChI=1S/C25H20N2O3/c1-17-14-27(16-26-17)23-12-11-22(13-24(23)30-2)25(29)21-9-7-20(8-10-21)19-5-3-18(15-28)4-6-19/h3-16H,1-2H3. The van der Waals surface area contributed by atoms with E-state index in [1.54, 1.807) is 37.7 Å². The number of ether oxygens (including phenoxy) is 1. The largest absolute Gasteiger partial charge is 0.495 e. The molecule has 0 radical (unpaired) electrons. The van der Waals surface area contributed by atoms with Gasteiger partial charge in [0.2, 0.25) is 0 Å². The van der Waals surface area contributed by atoms with Crippen LogP contribution in [0.15, 0.2) is 79.3 Å². The topological polar surface area (TPSA) is 61.2 Å². The van der Waals surface area contributed by atoms with Gasteiger partial charge in [-0.1, -0.05) is 48.5 Å². The first kappa shape index (κ1) is 19.3. The Hall–Kier alpha value is -3.99. The predicted molar refractivity (Wildman–Crippen MR) is 116 cm³/mol. The van der Waals surface area contributed by atoms with Gasteiger partial charge in [-0.05, 0) is 36.2 Å². The summed E-state index contributed by atoms with van der Waals surface area (Å²) >= 11 is 0. The monoisotopic (exact) mass is 396 g/mol. The molecular weight excluding hydrogens is 376 g/mol. The Balaban J connectivity index is 1.60. The Kier molecular flexibility index (Phi) is 5.26. The molecule has 148 valence electrons. The van der Waals surface area contributed by atoms with Gasteiger partial charge in [0.25, 0.3) is 0 Å². The first-order chi connectivity index (χ1) is 14.6. The molecule has 0 unspecified atom stereocenters. The molecule has 0 aliphatic rings. The molecule has 0 spiro atoms. The van der Waals surface area contributed by atoms with Crippen LogP contribution in [-0.4, -0.2) is 28.7 Å². The minimum atomic E-state index is -0.0792. The van der Waals surface area contributed by atoms with Crippen molar-refractivity contribution in [3.63, 3.8) is 0 Å². The van der Waals surface area contributed by atoms with Crippen molar-refractivity contribution < 1.29 is 14.3 Å². The highest BCUT2D eigenvalue weighted by atomic mass is 16.5. The van der Waals surface area contributed by atoms with Crippen molar-refractivity contribution in [1.29, 1.82) is 0 Å². The molecule has 0 fully saturated rings. The predicted octanol–water partition coefficient (Wildman–Crippen LogP) is 4.90. The minimum absolute atomic E-state index is 0.0792. The van der Waals surface area contributed by atoms with Crippen molar-refractivity contribution >= 4 is 12.1 Å². The summed E-state index contributed by atoms with van der Waals surface area (Å²) in [4.78, 5) is 28.0. The van der Waals surface area contributed by atoms with Crippen LogP contribution in [0.1, 0.15) is 32.0 Å². The van der Waals surface area contributed by atoms with Crippen LogP contribution in [0.2, 0.25) is 0 Å². The highest BCUT2D eigenvalue weighted by Crippen LogP contribution is 2.27. The molecule has 0 bridgehead atoms. The number of nitrogens with zero attached hydrogens (tertiary/aromatic N) is 2. The number of ketones is 1. The number of aryl methyl sites for hydroxylation is 1. The molecule has 3 aromatic carbocycles. The van der Waals surface area contributed by atoms with E-state index in [1.165, 1.54) is 0 Å². The molecule has 30 heavy (non-hydrogen) atoms. The van der Waals surface area contributed by atoms with Crippen LogP contribution in [0, 0.1) is 6.92 Å². The van der Waals surface area contributed by atoms with Crippen LogP contribution in [-0.2, 0) is 0 Å². The number of hydrogen-bond acceptors (Lipinski definition) is 4. The molecule has 4 rings (SSSR count). The smallest absolute Gasteiger partial charge is 0.193 e. The van der Waals surface area contributed by atoms with E-state index in [0.717, 1.165) is 28.8 Å². The lowest BCUT2D eigenvalue weighted by Crippen LogP contribution is -2.03. The summed E-state index contributed by atoms with van der Waals surface area (Å²) in [6, 6.07) is 20.2. The van der Waals surface area contributed by atoms with E-state index in [2.05, 4.69) is 4.98 Å². The first-order valence-corrected chi connectivity index (χ1v) is 9.48. The summed E-state index contributed by atoms with van der Waals surface area (Å²) in [6.45, 7) is 1.92. The molecule has 0 aliphatic carbocycles. The van der Waals surface area contributed by atoms with Crippen LogP contribution < -0.4 is 4.74 Å². The van der Waals surface area contributed by atoms with E-state index in [-0.39, 0.29) is 5.78 Å². The third-order valence-electron chi connectivity index (χ3n) is 4.96. The average Bonchev–Trinajstić information content (AvgIpc) is 3.24. The molecule has 0 saturated carbocycles. The lowest BCUT2D eigenvalue weighted by atomic mass is 9.98. The van der Waals surface area contributed by atoms with Gasteiger partial charge >= 0.3 is 0 Å². The molecule has 0 N–H and O–H groups in total. The number of hydrogen-bond donors (Lipinski definition) is 0. The number of benzene rings is 3. The van der Waals surface area contributed by atoms with Gasteiger partial charge in [0.15, 0.2) is 5.78 Å². The normalized spacial score (nSPS) is 10.6. The quantitative estimate of drug-likeness (QED) is 0.344. The van der Waals surface area contributed by atoms with Crippen LogP contribution >= 0.6 is 0 Å². The Morgan fingerprint density at radius 2 is 1.57 bits per heavy atom. The van der Waals surface area contributed by atoms with Crippen LogP contribution in [0.5, 0.6) is 5.75 Å². The van der Waals surface area contributed by atoms with Crippen molar-refractivity contribution in [2.75, 3.05) is 7.11 Å². The van der Waals surface area contributed by atoms with E-state index >= 15 is 0 Å². The number of aromatic nitrogens is 2. The SMILES string of the molecule is COc1cc(C(=O)c2ccc(-c3ccc(C=O)cc3)cc2)ccc1-n1cnc(C)c1. The molecule has 0 atom stereocenters. The molecule has 0 aliphatic heterocycles. The third-order valence-corrected chi connectivity index (χ3v) is 4.96. The number of methoxy groups -OCH3 is 1. The lowest BCUT2D eigenvalue weighted by Gasteiger charge is -2.11. The lowest BCUT2D eigenvalue weighted by molar-refractivity contribution is 0.103. The summed E-state index contributed by atoms with van der Waals surface area (Å²) in [6.07, 6.45) is 4.44. The molecule has 0 saturated heterocycles. The van der Waals surface area contributed by atoms with Gasteiger partial charge in [-0.15, -0.1) is 0 Å². The molecule has 0 amide bonds. The Labute approximate surface area is 174 Å². The second kappa shape index (κ2) is 8.17. The van der Waals surface area contributed by atoms with Crippen LogP contribution in [0.25, 0.3) is 16.8 Å². The fourth-order valence-corrected chi connectivity index (χ4v) is 3.32. The zero-order valence-electron chi connectivity index (χ0n) is 16.7. The van der Waals surface area contributed by atoms with Gasteiger partial charge < -0.3 is 9.30 Å². The Morgan fingerprint density at radius 1 is 0.933 bits per heavy atom. The number of rotatable bonds is 6. The second-order valence-electron chi connectivity index (χ2n) is 6.96. The summed E-state index contributed by atoms with van der Waals surface area (Å²) in [5, 5.41) is 0. The van der Waals surface area contributed by atoms with Gasteiger partial charge in [-0.25, -0.2) is 4.98 Å². The van der Waals surface area contributed by atoms with E-state index in [0.29, 0.717) is 22.4 Å². The molecule has 1 heterocycles. The summed E-state index contributed by atoms with van der Waals surface area (Å²) < 4.78 is 7.37. The van der Waals surface area contributed by atoms with Crippen LogP contribution in [0.4, 0.5) is 0 Å². The molecule has 1 aromatic heterocycles. The van der Waals surface area contributed by atoms with Crippen molar-refractivity contribution in [3.8, 4) is 22.6 Å². The molecule has 5 nitrogen and oxygen atoms in total. The van der Waals surface area contributed by atoms with E-state index in [4.69, 9.17) is 4.74 Å². The molecular formula is C25H20N2O3. The fraction of sp³-hybridized carbons (Fsp3) is 0.0800. The molecule has 5 heteroatoms. The zero-order valence-corrected chi connectivity index (χ0v) is 16.7. The van der Waals surface area contributed by atoms with Gasteiger partial charge in [0.1, 0.15) is 12.0 Å². The maximum Gasteiger partial charge on any atom is 0.193 e. The summed E-state index contributed by atoms with van der Waals surface area (Å²) in [5.74, 6) is 0.523. The maximum absolute atomic E-state index is 13.0. The van der Waals surface area contributed by atoms with E-state index in [1.807, 2.05) is 60.2 Å². The highest BCUT2D eigenvalue weighted by Gasteiger charge is 2.14. The van der Waals surface area contributed by atoms with Crippen molar-refractivity contribution in [1.82, 2.24) is 9.55 Å². The summed E-state index contributed by atoms with van der Waals surface area (Å²) in [7, 11) is 1.58. The van der Waals surface area contributed by atoms with Gasteiger partial charge in [-0.2, -0.15) is 0 Å². The number of carbonyl (C=O) groups excluding carboxylic acids is 2. The van der Waals surface area contributed by atoms with Crippen molar-refractivity contribution in [2.24, 2.45) is 0 Å². The minimum Gasteiger partial charge on any atom is -0.495 e. The average molecular weight is 396 g/mol. The highest BCUT2D eigenvalue weighted by molar-refractivity contribution is 6.09. The Bertz CT molecular complexity index is 1210. The number of imidazole rings is 1. The summed E-state index contributed by atoms with van der Waals surface area (Å²) in [5.41, 5.74) is 5.47. The Morgan fingerprint density at radius 3 is 2.13 bits per heavy atom. The number of carbonyl (C=O) groups is 2. The van der Waals surface area contributed by atoms with E-state index < -0.39 is 0 Å². The number of aldehydes is 1. The first-order valence-electron chi connectivity index (χ1n) is 9.48. The van der Waals surface area contributed by atoms with Gasteiger partial charge in [0, 0.05) is 22.9 Å². The third kappa shape index (κ3) is 3.78. The molecule has 4 aromatic rings. The zero-order chi connectivity index (χ0) is 21.1. The fourth-order valence-electron chi connectivity index (χ4n) is 3.32. The van der Waals surface area contributed by atoms with Crippen molar-refractivity contribution in [3.05, 3.63) is 102 Å². The maximum atomic E-state index is 13.0. The van der Waals surface area contributed by atoms with Gasteiger partial charge in [0.05, 0.1) is 24.8 Å².